The summed E-state index contributed by atoms with van der Waals surface area (Å²) in [6, 6.07) is 4.56. The largest absolute Gasteiger partial charge is 0.491 e. The molecule has 102 valence electrons. The van der Waals surface area contributed by atoms with E-state index in [1.165, 1.54) is 12.5 Å². The predicted octanol–water partition coefficient (Wildman–Crippen LogP) is 3.21. The number of benzene rings is 1. The molecule has 4 heteroatoms. The molecule has 0 spiro atoms. The van der Waals surface area contributed by atoms with Crippen LogP contribution in [0.2, 0.25) is 0 Å². The molecule has 2 atom stereocenters. The second kappa shape index (κ2) is 4.83. The smallest absolute Gasteiger partial charge is 0.227 e. The third-order valence-electron chi connectivity index (χ3n) is 4.11. The highest BCUT2D eigenvalue weighted by atomic mass is 19.1. The summed E-state index contributed by atoms with van der Waals surface area (Å²) in [4.78, 5) is 12.0. The number of carbonyl (C=O) groups is 1. The third kappa shape index (κ3) is 2.57. The minimum atomic E-state index is -0.436. The lowest BCUT2D eigenvalue weighted by molar-refractivity contribution is -0.120. The Balaban J connectivity index is 1.62. The maximum Gasteiger partial charge on any atom is 0.227 e. The van der Waals surface area contributed by atoms with E-state index in [0.29, 0.717) is 12.3 Å². The molecule has 0 saturated heterocycles. The lowest BCUT2D eigenvalue weighted by Gasteiger charge is -2.13. The maximum absolute atomic E-state index is 13.7. The van der Waals surface area contributed by atoms with Crippen LogP contribution in [-0.2, 0) is 4.79 Å². The molecule has 2 unspecified atom stereocenters. The van der Waals surface area contributed by atoms with Gasteiger partial charge in [0.15, 0.2) is 11.6 Å². The van der Waals surface area contributed by atoms with Crippen molar-refractivity contribution >= 4 is 11.6 Å². The molecule has 0 radical (unpaired) electrons. The van der Waals surface area contributed by atoms with Crippen LogP contribution >= 0.6 is 0 Å². The Labute approximate surface area is 112 Å². The fourth-order valence-electron chi connectivity index (χ4n) is 3.02. The number of carbonyl (C=O) groups excluding carboxylic acids is 1. The van der Waals surface area contributed by atoms with Crippen LogP contribution in [0.15, 0.2) is 18.2 Å². The molecule has 1 aromatic carbocycles. The summed E-state index contributed by atoms with van der Waals surface area (Å²) in [5.74, 6) is 1.46. The highest BCUT2D eigenvalue weighted by molar-refractivity contribution is 5.92. The molecule has 1 amide bonds. The first-order valence-corrected chi connectivity index (χ1v) is 6.90. The van der Waals surface area contributed by atoms with Gasteiger partial charge in [0, 0.05) is 17.7 Å². The van der Waals surface area contributed by atoms with Crippen molar-refractivity contribution in [2.45, 2.75) is 26.2 Å². The van der Waals surface area contributed by atoms with Crippen LogP contribution in [0.5, 0.6) is 5.75 Å². The number of rotatable bonds is 4. The molecule has 1 aromatic rings. The second-order valence-corrected chi connectivity index (χ2v) is 5.49. The average Bonchev–Trinajstić information content (AvgIpc) is 2.99. The Morgan fingerprint density at radius 2 is 2.11 bits per heavy atom. The normalized spacial score (nSPS) is 27.8. The molecule has 0 bridgehead atoms. The van der Waals surface area contributed by atoms with E-state index in [4.69, 9.17) is 4.74 Å². The number of nitrogens with one attached hydrogen (secondary N) is 1. The van der Waals surface area contributed by atoms with Gasteiger partial charge in [-0.05, 0) is 50.2 Å². The summed E-state index contributed by atoms with van der Waals surface area (Å²) in [5, 5.41) is 2.80. The van der Waals surface area contributed by atoms with Gasteiger partial charge in [0.2, 0.25) is 5.91 Å². The average molecular weight is 263 g/mol. The van der Waals surface area contributed by atoms with Gasteiger partial charge in [0.05, 0.1) is 6.61 Å². The van der Waals surface area contributed by atoms with Gasteiger partial charge in [-0.15, -0.1) is 0 Å². The number of amides is 1. The molecule has 2 aliphatic rings. The lowest BCUT2D eigenvalue weighted by Crippen LogP contribution is -2.21. The molecule has 3 rings (SSSR count). The van der Waals surface area contributed by atoms with Crippen LogP contribution < -0.4 is 10.1 Å². The number of hydrogen-bond donors (Lipinski definition) is 1. The van der Waals surface area contributed by atoms with Crippen LogP contribution in [0.3, 0.4) is 0 Å². The number of fused-ring (bicyclic) bond motifs is 1. The summed E-state index contributed by atoms with van der Waals surface area (Å²) in [5.41, 5.74) is 0.506. The van der Waals surface area contributed by atoms with Crippen molar-refractivity contribution in [1.29, 1.82) is 0 Å². The molecule has 3 nitrogen and oxygen atoms in total. The number of halogens is 1. The topological polar surface area (TPSA) is 38.3 Å². The summed E-state index contributed by atoms with van der Waals surface area (Å²) >= 11 is 0. The zero-order chi connectivity index (χ0) is 13.4. The highest BCUT2D eigenvalue weighted by Crippen LogP contribution is 2.54. The summed E-state index contributed by atoms with van der Waals surface area (Å²) in [7, 11) is 0. The molecule has 0 heterocycles. The van der Waals surface area contributed by atoms with Crippen LogP contribution in [0, 0.1) is 23.6 Å². The summed E-state index contributed by atoms with van der Waals surface area (Å²) in [6.07, 6.45) is 3.29. The van der Waals surface area contributed by atoms with Gasteiger partial charge in [-0.3, -0.25) is 4.79 Å². The molecule has 2 fully saturated rings. The summed E-state index contributed by atoms with van der Waals surface area (Å²) in [6.45, 7) is 2.23. The van der Waals surface area contributed by atoms with Gasteiger partial charge >= 0.3 is 0 Å². The molecule has 2 saturated carbocycles. The van der Waals surface area contributed by atoms with Crippen LogP contribution in [-0.4, -0.2) is 12.5 Å². The number of hydrogen-bond acceptors (Lipinski definition) is 2. The lowest BCUT2D eigenvalue weighted by atomic mass is 10.0. The van der Waals surface area contributed by atoms with Gasteiger partial charge in [-0.1, -0.05) is 0 Å². The standard InChI is InChI=1S/C15H18FNO2/c1-2-19-14-4-3-12(8-13(14)16)17-15(18)11-6-9-5-10(9)7-11/h3-4,8-11H,2,5-7H2,1H3,(H,17,18). The Morgan fingerprint density at radius 1 is 1.37 bits per heavy atom. The highest BCUT2D eigenvalue weighted by Gasteiger charge is 2.47. The molecule has 2 aliphatic carbocycles. The Kier molecular flexibility index (Phi) is 3.17. The van der Waals surface area contributed by atoms with E-state index in [9.17, 15) is 9.18 Å². The van der Waals surface area contributed by atoms with Crippen molar-refractivity contribution in [2.75, 3.05) is 11.9 Å². The minimum absolute atomic E-state index is 0.0239. The van der Waals surface area contributed by atoms with Crippen molar-refractivity contribution in [3.05, 3.63) is 24.0 Å². The SMILES string of the molecule is CCOc1ccc(NC(=O)C2CC3CC3C2)cc1F. The summed E-state index contributed by atoms with van der Waals surface area (Å²) < 4.78 is 18.8. The quantitative estimate of drug-likeness (QED) is 0.905. The van der Waals surface area contributed by atoms with Crippen LogP contribution in [0.4, 0.5) is 10.1 Å². The Morgan fingerprint density at radius 3 is 2.74 bits per heavy atom. The van der Waals surface area contributed by atoms with Gasteiger partial charge in [-0.2, -0.15) is 0 Å². The molecular formula is C15H18FNO2. The number of ether oxygens (including phenoxy) is 1. The van der Waals surface area contributed by atoms with E-state index >= 15 is 0 Å². The minimum Gasteiger partial charge on any atom is -0.491 e. The van der Waals surface area contributed by atoms with Crippen molar-refractivity contribution in [3.8, 4) is 5.75 Å². The van der Waals surface area contributed by atoms with Crippen molar-refractivity contribution in [3.63, 3.8) is 0 Å². The molecule has 1 N–H and O–H groups in total. The van der Waals surface area contributed by atoms with E-state index in [1.807, 2.05) is 0 Å². The monoisotopic (exact) mass is 263 g/mol. The molecular weight excluding hydrogens is 245 g/mol. The van der Waals surface area contributed by atoms with Gasteiger partial charge < -0.3 is 10.1 Å². The first kappa shape index (κ1) is 12.5. The second-order valence-electron chi connectivity index (χ2n) is 5.49. The van der Waals surface area contributed by atoms with Crippen molar-refractivity contribution < 1.29 is 13.9 Å². The van der Waals surface area contributed by atoms with E-state index in [0.717, 1.165) is 24.7 Å². The Hall–Kier alpha value is -1.58. The van der Waals surface area contributed by atoms with Crippen molar-refractivity contribution in [1.82, 2.24) is 0 Å². The van der Waals surface area contributed by atoms with Crippen molar-refractivity contribution in [2.24, 2.45) is 17.8 Å². The van der Waals surface area contributed by atoms with E-state index in [1.54, 1.807) is 19.1 Å². The Bertz CT molecular complexity index is 493. The van der Waals surface area contributed by atoms with Crippen LogP contribution in [0.25, 0.3) is 0 Å². The third-order valence-corrected chi connectivity index (χ3v) is 4.11. The first-order chi connectivity index (χ1) is 9.17. The zero-order valence-electron chi connectivity index (χ0n) is 11.0. The molecule has 0 aliphatic heterocycles. The fourth-order valence-corrected chi connectivity index (χ4v) is 3.02. The fraction of sp³-hybridized carbons (Fsp3) is 0.533. The van der Waals surface area contributed by atoms with E-state index < -0.39 is 5.82 Å². The van der Waals surface area contributed by atoms with Crippen LogP contribution in [0.1, 0.15) is 26.2 Å². The van der Waals surface area contributed by atoms with Gasteiger partial charge in [0.25, 0.3) is 0 Å². The first-order valence-electron chi connectivity index (χ1n) is 6.90. The maximum atomic E-state index is 13.7. The molecule has 19 heavy (non-hydrogen) atoms. The predicted molar refractivity (Wildman–Crippen MR) is 70.5 cm³/mol. The van der Waals surface area contributed by atoms with E-state index in [-0.39, 0.29) is 17.6 Å². The zero-order valence-corrected chi connectivity index (χ0v) is 11.0. The van der Waals surface area contributed by atoms with E-state index in [2.05, 4.69) is 5.32 Å². The van der Waals surface area contributed by atoms with Gasteiger partial charge in [-0.25, -0.2) is 4.39 Å². The molecule has 0 aromatic heterocycles. The van der Waals surface area contributed by atoms with Gasteiger partial charge in [0.1, 0.15) is 0 Å². The number of anilines is 1.